The molecule has 2 rings (SSSR count). The molecule has 0 saturated carbocycles. The van der Waals surface area contributed by atoms with Crippen molar-refractivity contribution in [1.29, 1.82) is 0 Å². The van der Waals surface area contributed by atoms with Gasteiger partial charge in [0, 0.05) is 18.2 Å². The van der Waals surface area contributed by atoms with Crippen LogP contribution in [0.3, 0.4) is 0 Å². The monoisotopic (exact) mass is 242 g/mol. The van der Waals surface area contributed by atoms with Crippen molar-refractivity contribution in [3.8, 4) is 0 Å². The van der Waals surface area contributed by atoms with Crippen molar-refractivity contribution in [2.24, 2.45) is 0 Å². The Labute approximate surface area is 101 Å². The minimum absolute atomic E-state index is 0. The van der Waals surface area contributed by atoms with Gasteiger partial charge in [0.05, 0.1) is 4.92 Å². The quantitative estimate of drug-likeness (QED) is 0.641. The molecule has 1 N–H and O–H groups in total. The first-order valence-electron chi connectivity index (χ1n) is 5.25. The maximum absolute atomic E-state index is 10.6. The lowest BCUT2D eigenvalue weighted by atomic mass is 9.97. The lowest BCUT2D eigenvalue weighted by molar-refractivity contribution is -0.384. The van der Waals surface area contributed by atoms with Gasteiger partial charge in [-0.05, 0) is 24.9 Å². The van der Waals surface area contributed by atoms with Crippen LogP contribution < -0.4 is 5.32 Å². The van der Waals surface area contributed by atoms with Gasteiger partial charge in [-0.15, -0.1) is 12.4 Å². The predicted molar refractivity (Wildman–Crippen MR) is 64.9 cm³/mol. The van der Waals surface area contributed by atoms with Crippen LogP contribution in [0.15, 0.2) is 24.3 Å². The molecule has 5 heteroatoms. The van der Waals surface area contributed by atoms with Crippen LogP contribution in [-0.4, -0.2) is 11.5 Å². The highest BCUT2D eigenvalue weighted by molar-refractivity contribution is 5.85. The summed E-state index contributed by atoms with van der Waals surface area (Å²) in [6, 6.07) is 7.20. The second kappa shape index (κ2) is 5.82. The first-order chi connectivity index (χ1) is 7.27. The van der Waals surface area contributed by atoms with Gasteiger partial charge in [0.1, 0.15) is 0 Å². The van der Waals surface area contributed by atoms with Crippen LogP contribution in [0.2, 0.25) is 0 Å². The van der Waals surface area contributed by atoms with E-state index in [1.54, 1.807) is 12.1 Å². The largest absolute Gasteiger partial charge is 0.310 e. The van der Waals surface area contributed by atoms with E-state index in [9.17, 15) is 10.1 Å². The maximum atomic E-state index is 10.6. The molecular formula is C11H15ClN2O2. The van der Waals surface area contributed by atoms with Gasteiger partial charge in [-0.3, -0.25) is 10.1 Å². The fraction of sp³-hybridized carbons (Fsp3) is 0.455. The molecule has 4 nitrogen and oxygen atoms in total. The molecule has 1 saturated heterocycles. The van der Waals surface area contributed by atoms with Gasteiger partial charge in [-0.2, -0.15) is 0 Å². The second-order valence-electron chi connectivity index (χ2n) is 3.85. The normalized spacial score (nSPS) is 19.9. The molecule has 1 aromatic rings. The van der Waals surface area contributed by atoms with Crippen molar-refractivity contribution >= 4 is 18.1 Å². The van der Waals surface area contributed by atoms with Crippen LogP contribution in [0.5, 0.6) is 0 Å². The average molecular weight is 243 g/mol. The SMILES string of the molecule is Cl.O=[N+]([O-])c1cccc([C@@H]2CCCCN2)c1. The molecule has 0 aromatic heterocycles. The molecule has 16 heavy (non-hydrogen) atoms. The zero-order valence-corrected chi connectivity index (χ0v) is 9.70. The first-order valence-corrected chi connectivity index (χ1v) is 5.25. The van der Waals surface area contributed by atoms with Gasteiger partial charge >= 0.3 is 0 Å². The summed E-state index contributed by atoms with van der Waals surface area (Å²) in [4.78, 5) is 10.3. The van der Waals surface area contributed by atoms with Crippen LogP contribution in [0.4, 0.5) is 5.69 Å². The number of benzene rings is 1. The average Bonchev–Trinajstić information content (AvgIpc) is 2.30. The number of halogens is 1. The number of piperidine rings is 1. The van der Waals surface area contributed by atoms with Gasteiger partial charge in [0.15, 0.2) is 0 Å². The molecule has 0 amide bonds. The van der Waals surface area contributed by atoms with Gasteiger partial charge in [0.25, 0.3) is 5.69 Å². The maximum Gasteiger partial charge on any atom is 0.269 e. The lowest BCUT2D eigenvalue weighted by Gasteiger charge is -2.23. The second-order valence-corrected chi connectivity index (χ2v) is 3.85. The Morgan fingerprint density at radius 2 is 2.19 bits per heavy atom. The standard InChI is InChI=1S/C11H14N2O2.ClH/c14-13(15)10-5-3-4-9(8-10)11-6-1-2-7-12-11;/h3-5,8,11-12H,1-2,6-7H2;1H/t11-;/m0./s1. The van der Waals surface area contributed by atoms with E-state index >= 15 is 0 Å². The summed E-state index contributed by atoms with van der Waals surface area (Å²) in [5.74, 6) is 0. The van der Waals surface area contributed by atoms with Crippen molar-refractivity contribution in [3.63, 3.8) is 0 Å². The van der Waals surface area contributed by atoms with Crippen LogP contribution in [-0.2, 0) is 0 Å². The van der Waals surface area contributed by atoms with Crippen molar-refractivity contribution in [2.75, 3.05) is 6.54 Å². The molecule has 0 unspecified atom stereocenters. The van der Waals surface area contributed by atoms with Crippen LogP contribution >= 0.6 is 12.4 Å². The molecular weight excluding hydrogens is 228 g/mol. The van der Waals surface area contributed by atoms with E-state index < -0.39 is 0 Å². The third kappa shape index (κ3) is 2.93. The lowest BCUT2D eigenvalue weighted by Crippen LogP contribution is -2.26. The molecule has 0 spiro atoms. The van der Waals surface area contributed by atoms with Gasteiger partial charge in [-0.25, -0.2) is 0 Å². The Balaban J connectivity index is 0.00000128. The highest BCUT2D eigenvalue weighted by Gasteiger charge is 2.16. The summed E-state index contributed by atoms with van der Waals surface area (Å²) >= 11 is 0. The smallest absolute Gasteiger partial charge is 0.269 e. The number of hydrogen-bond acceptors (Lipinski definition) is 3. The number of nitrogens with one attached hydrogen (secondary N) is 1. The molecule has 1 heterocycles. The number of nitro groups is 1. The molecule has 1 aliphatic rings. The molecule has 1 fully saturated rings. The fourth-order valence-corrected chi connectivity index (χ4v) is 1.99. The Kier molecular flexibility index (Phi) is 4.71. The Hall–Kier alpha value is -1.13. The molecule has 1 aromatic carbocycles. The number of nitrogens with zero attached hydrogens (tertiary/aromatic N) is 1. The van der Waals surface area contributed by atoms with Gasteiger partial charge in [0.2, 0.25) is 0 Å². The summed E-state index contributed by atoms with van der Waals surface area (Å²) < 4.78 is 0. The van der Waals surface area contributed by atoms with Crippen LogP contribution in [0.1, 0.15) is 30.9 Å². The van der Waals surface area contributed by atoms with E-state index in [0.717, 1.165) is 18.5 Å². The van der Waals surface area contributed by atoms with E-state index in [1.165, 1.54) is 18.9 Å². The fourth-order valence-electron chi connectivity index (χ4n) is 1.99. The Morgan fingerprint density at radius 1 is 1.38 bits per heavy atom. The summed E-state index contributed by atoms with van der Waals surface area (Å²) in [7, 11) is 0. The van der Waals surface area contributed by atoms with Crippen molar-refractivity contribution in [3.05, 3.63) is 39.9 Å². The molecule has 0 bridgehead atoms. The Bertz CT molecular complexity index is 365. The van der Waals surface area contributed by atoms with Crippen molar-refractivity contribution in [2.45, 2.75) is 25.3 Å². The predicted octanol–water partition coefficient (Wildman–Crippen LogP) is 2.83. The highest BCUT2D eigenvalue weighted by Crippen LogP contribution is 2.25. The summed E-state index contributed by atoms with van der Waals surface area (Å²) in [6.07, 6.45) is 3.47. The highest BCUT2D eigenvalue weighted by atomic mass is 35.5. The Morgan fingerprint density at radius 3 is 2.81 bits per heavy atom. The van der Waals surface area contributed by atoms with Crippen molar-refractivity contribution < 1.29 is 4.92 Å². The number of non-ortho nitro benzene ring substituents is 1. The zero-order valence-electron chi connectivity index (χ0n) is 8.89. The molecule has 88 valence electrons. The minimum atomic E-state index is -0.341. The third-order valence-electron chi connectivity index (χ3n) is 2.79. The first kappa shape index (κ1) is 12.9. The number of nitro benzene ring substituents is 1. The van der Waals surface area contributed by atoms with Crippen molar-refractivity contribution in [1.82, 2.24) is 5.32 Å². The molecule has 1 atom stereocenters. The van der Waals surface area contributed by atoms with E-state index in [1.807, 2.05) is 6.07 Å². The zero-order chi connectivity index (χ0) is 10.7. The van der Waals surface area contributed by atoms with E-state index in [-0.39, 0.29) is 23.0 Å². The summed E-state index contributed by atoms with van der Waals surface area (Å²) in [5.41, 5.74) is 1.21. The number of rotatable bonds is 2. The van der Waals surface area contributed by atoms with Gasteiger partial charge < -0.3 is 5.32 Å². The minimum Gasteiger partial charge on any atom is -0.310 e. The number of hydrogen-bond donors (Lipinski definition) is 1. The summed E-state index contributed by atoms with van der Waals surface area (Å²) in [6.45, 7) is 1.01. The van der Waals surface area contributed by atoms with E-state index in [4.69, 9.17) is 0 Å². The van der Waals surface area contributed by atoms with E-state index in [2.05, 4.69) is 5.32 Å². The summed E-state index contributed by atoms with van der Waals surface area (Å²) in [5, 5.41) is 14.0. The molecule has 0 radical (unpaired) electrons. The van der Waals surface area contributed by atoms with E-state index in [0.29, 0.717) is 6.04 Å². The molecule has 0 aliphatic carbocycles. The molecule has 1 aliphatic heterocycles. The van der Waals surface area contributed by atoms with Gasteiger partial charge in [-0.1, -0.05) is 18.6 Å². The van der Waals surface area contributed by atoms with Crippen LogP contribution in [0.25, 0.3) is 0 Å². The third-order valence-corrected chi connectivity index (χ3v) is 2.79. The topological polar surface area (TPSA) is 55.2 Å². The van der Waals surface area contributed by atoms with Crippen LogP contribution in [0, 0.1) is 10.1 Å².